The average Bonchev–Trinajstić information content (AvgIpc) is 2.72. The third kappa shape index (κ3) is 3.05. The molecule has 6 heteroatoms. The summed E-state index contributed by atoms with van der Waals surface area (Å²) in [5, 5.41) is 2.76. The van der Waals surface area contributed by atoms with Gasteiger partial charge in [0.15, 0.2) is 11.5 Å². The van der Waals surface area contributed by atoms with E-state index in [9.17, 15) is 4.79 Å². The van der Waals surface area contributed by atoms with Crippen LogP contribution in [0.1, 0.15) is 16.9 Å². The van der Waals surface area contributed by atoms with Gasteiger partial charge in [0.05, 0.1) is 13.2 Å². The summed E-state index contributed by atoms with van der Waals surface area (Å²) in [6.07, 6.45) is 0.837. The van der Waals surface area contributed by atoms with E-state index in [1.165, 1.54) is 0 Å². The smallest absolute Gasteiger partial charge is 0.274 e. The molecular formula is C15H15N3O3. The highest BCUT2D eigenvalue weighted by Crippen LogP contribution is 2.32. The minimum atomic E-state index is -0.322. The van der Waals surface area contributed by atoms with Crippen LogP contribution < -0.4 is 20.5 Å². The van der Waals surface area contributed by atoms with E-state index in [-0.39, 0.29) is 11.6 Å². The van der Waals surface area contributed by atoms with E-state index in [1.807, 2.05) is 0 Å². The molecular weight excluding hydrogens is 270 g/mol. The lowest BCUT2D eigenvalue weighted by Gasteiger charge is -2.10. The summed E-state index contributed by atoms with van der Waals surface area (Å²) in [5.41, 5.74) is 6.46. The number of ether oxygens (including phenoxy) is 2. The number of carbonyl (C=O) groups excluding carboxylic acids is 1. The summed E-state index contributed by atoms with van der Waals surface area (Å²) in [5.74, 6) is 1.30. The summed E-state index contributed by atoms with van der Waals surface area (Å²) in [7, 11) is 0. The van der Waals surface area contributed by atoms with Crippen LogP contribution >= 0.6 is 0 Å². The van der Waals surface area contributed by atoms with Crippen LogP contribution in [0.4, 0.5) is 11.5 Å². The zero-order valence-corrected chi connectivity index (χ0v) is 11.3. The lowest BCUT2D eigenvalue weighted by atomic mass is 10.2. The molecule has 0 aliphatic carbocycles. The van der Waals surface area contributed by atoms with Gasteiger partial charge in [-0.05, 0) is 24.3 Å². The predicted molar refractivity (Wildman–Crippen MR) is 78.7 cm³/mol. The number of benzene rings is 1. The van der Waals surface area contributed by atoms with E-state index in [4.69, 9.17) is 15.2 Å². The number of nitrogens with two attached hydrogens (primary N) is 1. The fourth-order valence-electron chi connectivity index (χ4n) is 2.01. The fraction of sp³-hybridized carbons (Fsp3) is 0.200. The van der Waals surface area contributed by atoms with Gasteiger partial charge in [-0.25, -0.2) is 4.98 Å². The van der Waals surface area contributed by atoms with Crippen LogP contribution in [0.5, 0.6) is 11.5 Å². The molecule has 2 aromatic rings. The molecule has 0 saturated heterocycles. The first-order chi connectivity index (χ1) is 10.2. The van der Waals surface area contributed by atoms with Gasteiger partial charge in [-0.2, -0.15) is 0 Å². The molecule has 0 saturated carbocycles. The number of carbonyl (C=O) groups is 1. The lowest BCUT2D eigenvalue weighted by Crippen LogP contribution is -2.14. The van der Waals surface area contributed by atoms with Crippen LogP contribution in [0.15, 0.2) is 36.4 Å². The fourth-order valence-corrected chi connectivity index (χ4v) is 2.01. The number of amides is 1. The molecule has 1 amide bonds. The summed E-state index contributed by atoms with van der Waals surface area (Å²) >= 11 is 0. The van der Waals surface area contributed by atoms with E-state index < -0.39 is 0 Å². The maximum atomic E-state index is 12.1. The third-order valence-corrected chi connectivity index (χ3v) is 3.01. The van der Waals surface area contributed by atoms with Crippen LogP contribution in [0, 0.1) is 0 Å². The number of nitrogens with one attached hydrogen (secondary N) is 1. The van der Waals surface area contributed by atoms with Gasteiger partial charge >= 0.3 is 0 Å². The van der Waals surface area contributed by atoms with Crippen LogP contribution in [0.25, 0.3) is 0 Å². The molecule has 108 valence electrons. The van der Waals surface area contributed by atoms with Crippen LogP contribution in [-0.2, 0) is 0 Å². The molecule has 0 unspecified atom stereocenters. The highest BCUT2D eigenvalue weighted by atomic mass is 16.5. The van der Waals surface area contributed by atoms with Crippen LogP contribution in [0.2, 0.25) is 0 Å². The number of pyridine rings is 1. The van der Waals surface area contributed by atoms with Crippen molar-refractivity contribution in [1.29, 1.82) is 0 Å². The van der Waals surface area contributed by atoms with Crippen molar-refractivity contribution in [3.8, 4) is 11.5 Å². The standard InChI is InChI=1S/C15H15N3O3/c16-14-4-1-3-11(18-14)15(19)17-10-5-6-12-13(9-10)21-8-2-7-20-12/h1,3-6,9H,2,7-8H2,(H2,16,18)(H,17,19). The van der Waals surface area contributed by atoms with E-state index in [2.05, 4.69) is 10.3 Å². The molecule has 0 spiro atoms. The van der Waals surface area contributed by atoms with Gasteiger partial charge in [0.2, 0.25) is 0 Å². The zero-order valence-electron chi connectivity index (χ0n) is 11.3. The molecule has 6 nitrogen and oxygen atoms in total. The number of rotatable bonds is 2. The second-order valence-corrected chi connectivity index (χ2v) is 4.61. The Morgan fingerprint density at radius 1 is 1.14 bits per heavy atom. The molecule has 0 radical (unpaired) electrons. The molecule has 1 aliphatic rings. The van der Waals surface area contributed by atoms with Crippen molar-refractivity contribution >= 4 is 17.4 Å². The number of anilines is 2. The number of nitrogen functional groups attached to an aromatic ring is 1. The van der Waals surface area contributed by atoms with Crippen molar-refractivity contribution in [3.63, 3.8) is 0 Å². The largest absolute Gasteiger partial charge is 0.490 e. The molecule has 1 aromatic heterocycles. The first-order valence-corrected chi connectivity index (χ1v) is 6.66. The monoisotopic (exact) mass is 285 g/mol. The Balaban J connectivity index is 1.79. The Morgan fingerprint density at radius 2 is 1.95 bits per heavy atom. The third-order valence-electron chi connectivity index (χ3n) is 3.01. The molecule has 3 N–H and O–H groups in total. The lowest BCUT2D eigenvalue weighted by molar-refractivity contribution is 0.102. The Hall–Kier alpha value is -2.76. The van der Waals surface area contributed by atoms with Crippen molar-refractivity contribution < 1.29 is 14.3 Å². The van der Waals surface area contributed by atoms with E-state index >= 15 is 0 Å². The maximum Gasteiger partial charge on any atom is 0.274 e. The van der Waals surface area contributed by atoms with Crippen LogP contribution in [0.3, 0.4) is 0 Å². The molecule has 0 atom stereocenters. The van der Waals surface area contributed by atoms with Gasteiger partial charge in [-0.15, -0.1) is 0 Å². The Kier molecular flexibility index (Phi) is 3.59. The molecule has 0 bridgehead atoms. The second kappa shape index (κ2) is 5.70. The Labute approximate surface area is 121 Å². The SMILES string of the molecule is Nc1cccc(C(=O)Nc2ccc3c(c2)OCCCO3)n1. The van der Waals surface area contributed by atoms with Crippen LogP contribution in [-0.4, -0.2) is 24.1 Å². The Morgan fingerprint density at radius 3 is 2.76 bits per heavy atom. The van der Waals surface area contributed by atoms with Gasteiger partial charge in [0.1, 0.15) is 11.5 Å². The predicted octanol–water partition coefficient (Wildman–Crippen LogP) is 2.08. The second-order valence-electron chi connectivity index (χ2n) is 4.61. The number of fused-ring (bicyclic) bond motifs is 1. The quantitative estimate of drug-likeness (QED) is 0.882. The number of hydrogen-bond donors (Lipinski definition) is 2. The van der Waals surface area contributed by atoms with Gasteiger partial charge < -0.3 is 20.5 Å². The van der Waals surface area contributed by atoms with E-state index in [0.717, 1.165) is 6.42 Å². The number of nitrogens with zero attached hydrogens (tertiary/aromatic N) is 1. The number of hydrogen-bond acceptors (Lipinski definition) is 5. The Bertz CT molecular complexity index is 673. The van der Waals surface area contributed by atoms with E-state index in [0.29, 0.717) is 36.2 Å². The normalized spacial score (nSPS) is 13.3. The van der Waals surface area contributed by atoms with Gasteiger partial charge in [-0.3, -0.25) is 4.79 Å². The highest BCUT2D eigenvalue weighted by Gasteiger charge is 2.13. The summed E-state index contributed by atoms with van der Waals surface area (Å²) < 4.78 is 11.1. The van der Waals surface area contributed by atoms with Crippen molar-refractivity contribution in [1.82, 2.24) is 4.98 Å². The molecule has 21 heavy (non-hydrogen) atoms. The minimum Gasteiger partial charge on any atom is -0.490 e. The minimum absolute atomic E-state index is 0.266. The van der Waals surface area contributed by atoms with Crippen molar-refractivity contribution in [2.45, 2.75) is 6.42 Å². The van der Waals surface area contributed by atoms with Crippen molar-refractivity contribution in [2.24, 2.45) is 0 Å². The van der Waals surface area contributed by atoms with Gasteiger partial charge in [0, 0.05) is 18.2 Å². The summed E-state index contributed by atoms with van der Waals surface area (Å²) in [6.45, 7) is 1.23. The van der Waals surface area contributed by atoms with Crippen molar-refractivity contribution in [3.05, 3.63) is 42.1 Å². The molecule has 1 aliphatic heterocycles. The van der Waals surface area contributed by atoms with Gasteiger partial charge in [-0.1, -0.05) is 6.07 Å². The first-order valence-electron chi connectivity index (χ1n) is 6.66. The summed E-state index contributed by atoms with van der Waals surface area (Å²) in [4.78, 5) is 16.1. The average molecular weight is 285 g/mol. The molecule has 3 rings (SSSR count). The van der Waals surface area contributed by atoms with Gasteiger partial charge in [0.25, 0.3) is 5.91 Å². The topological polar surface area (TPSA) is 86.5 Å². The maximum absolute atomic E-state index is 12.1. The van der Waals surface area contributed by atoms with Crippen molar-refractivity contribution in [2.75, 3.05) is 24.3 Å². The first kappa shape index (κ1) is 13.2. The number of aromatic nitrogens is 1. The molecule has 1 aromatic carbocycles. The highest BCUT2D eigenvalue weighted by molar-refractivity contribution is 6.03. The summed E-state index contributed by atoms with van der Waals surface area (Å²) in [6, 6.07) is 10.2. The zero-order chi connectivity index (χ0) is 14.7. The molecule has 0 fully saturated rings. The van der Waals surface area contributed by atoms with E-state index in [1.54, 1.807) is 36.4 Å². The molecule has 2 heterocycles.